The van der Waals surface area contributed by atoms with Crippen molar-refractivity contribution >= 4 is 11.8 Å². The van der Waals surface area contributed by atoms with Crippen molar-refractivity contribution in [1.82, 2.24) is 20.1 Å². The van der Waals surface area contributed by atoms with Gasteiger partial charge in [-0.2, -0.15) is 0 Å². The number of carbonyl (C=O) groups excluding carboxylic acids is 1. The molecule has 2 fully saturated rings. The highest BCUT2D eigenvalue weighted by Gasteiger charge is 2.29. The second kappa shape index (κ2) is 8.22. The number of anilines is 1. The van der Waals surface area contributed by atoms with E-state index in [2.05, 4.69) is 39.2 Å². The molecule has 0 radical (unpaired) electrons. The largest absolute Gasteiger partial charge is 0.372 e. The van der Waals surface area contributed by atoms with Crippen molar-refractivity contribution in [2.24, 2.45) is 0 Å². The first-order chi connectivity index (χ1) is 12.5. The normalized spacial score (nSPS) is 20.9. The third kappa shape index (κ3) is 4.86. The van der Waals surface area contributed by atoms with Crippen LogP contribution in [0, 0.1) is 0 Å². The Kier molecular flexibility index (Phi) is 5.98. The molecule has 0 aliphatic carbocycles. The number of nitrogens with zero attached hydrogens (tertiary/aromatic N) is 4. The van der Waals surface area contributed by atoms with Crippen molar-refractivity contribution < 1.29 is 9.53 Å². The van der Waals surface area contributed by atoms with Gasteiger partial charge in [-0.25, -0.2) is 9.78 Å². The van der Waals surface area contributed by atoms with Crippen LogP contribution in [0.3, 0.4) is 0 Å². The van der Waals surface area contributed by atoms with Crippen LogP contribution < -0.4 is 10.2 Å². The van der Waals surface area contributed by atoms with Crippen LogP contribution in [0.15, 0.2) is 18.3 Å². The SMILES string of the molecule is CCN1CCN(c2ccc(CNC(=O)N3CCOC(C)(C)C3)cn2)CC1. The predicted octanol–water partition coefficient (Wildman–Crippen LogP) is 1.54. The molecule has 2 aliphatic rings. The summed E-state index contributed by atoms with van der Waals surface area (Å²) < 4.78 is 5.65. The zero-order valence-corrected chi connectivity index (χ0v) is 16.2. The fraction of sp³-hybridized carbons (Fsp3) is 0.684. The minimum Gasteiger partial charge on any atom is -0.372 e. The summed E-state index contributed by atoms with van der Waals surface area (Å²) in [4.78, 5) is 23.5. The zero-order valence-electron chi connectivity index (χ0n) is 16.2. The average molecular weight is 361 g/mol. The van der Waals surface area contributed by atoms with E-state index in [1.54, 1.807) is 0 Å². The molecule has 26 heavy (non-hydrogen) atoms. The van der Waals surface area contributed by atoms with E-state index >= 15 is 0 Å². The van der Waals surface area contributed by atoms with Gasteiger partial charge in [0, 0.05) is 45.5 Å². The summed E-state index contributed by atoms with van der Waals surface area (Å²) in [6.07, 6.45) is 1.87. The molecule has 0 saturated carbocycles. The molecule has 7 nitrogen and oxygen atoms in total. The number of pyridine rings is 1. The summed E-state index contributed by atoms with van der Waals surface area (Å²) in [7, 11) is 0. The summed E-state index contributed by atoms with van der Waals surface area (Å²) in [6.45, 7) is 13.9. The van der Waals surface area contributed by atoms with Crippen molar-refractivity contribution in [3.63, 3.8) is 0 Å². The maximum Gasteiger partial charge on any atom is 0.317 e. The van der Waals surface area contributed by atoms with E-state index in [-0.39, 0.29) is 11.6 Å². The van der Waals surface area contributed by atoms with Gasteiger partial charge in [0.25, 0.3) is 0 Å². The van der Waals surface area contributed by atoms with Gasteiger partial charge in [-0.05, 0) is 32.0 Å². The molecule has 1 N–H and O–H groups in total. The molecule has 1 aromatic rings. The number of urea groups is 1. The van der Waals surface area contributed by atoms with E-state index in [0.717, 1.165) is 44.1 Å². The molecule has 0 unspecified atom stereocenters. The molecule has 3 rings (SSSR count). The van der Waals surface area contributed by atoms with Gasteiger partial charge in [0.15, 0.2) is 0 Å². The van der Waals surface area contributed by atoms with E-state index in [0.29, 0.717) is 26.2 Å². The van der Waals surface area contributed by atoms with Crippen LogP contribution in [0.2, 0.25) is 0 Å². The standard InChI is InChI=1S/C19H31N5O2/c1-4-22-7-9-23(10-8-22)17-6-5-16(13-20-17)14-21-18(25)24-11-12-26-19(2,3)15-24/h5-6,13H,4,7-12,14-15H2,1-3H3,(H,21,25). The molecule has 0 atom stereocenters. The van der Waals surface area contributed by atoms with Gasteiger partial charge in [0.2, 0.25) is 0 Å². The number of likely N-dealkylation sites (N-methyl/N-ethyl adjacent to an activating group) is 1. The highest BCUT2D eigenvalue weighted by molar-refractivity contribution is 5.74. The molecule has 2 saturated heterocycles. The van der Waals surface area contributed by atoms with Crippen LogP contribution in [-0.4, -0.2) is 78.8 Å². The van der Waals surface area contributed by atoms with E-state index in [4.69, 9.17) is 4.74 Å². The van der Waals surface area contributed by atoms with Crippen LogP contribution in [0.5, 0.6) is 0 Å². The van der Waals surface area contributed by atoms with Crippen molar-refractivity contribution in [1.29, 1.82) is 0 Å². The number of amides is 2. The quantitative estimate of drug-likeness (QED) is 0.882. The van der Waals surface area contributed by atoms with E-state index in [1.165, 1.54) is 0 Å². The van der Waals surface area contributed by atoms with E-state index in [9.17, 15) is 4.79 Å². The molecule has 0 bridgehead atoms. The molecular formula is C19H31N5O2. The Morgan fingerprint density at radius 2 is 2.00 bits per heavy atom. The van der Waals surface area contributed by atoms with Crippen molar-refractivity contribution in [3.05, 3.63) is 23.9 Å². The lowest BCUT2D eigenvalue weighted by Crippen LogP contribution is -2.53. The Hall–Kier alpha value is -1.86. The maximum absolute atomic E-state index is 12.4. The first-order valence-electron chi connectivity index (χ1n) is 9.56. The van der Waals surface area contributed by atoms with Crippen molar-refractivity contribution in [2.45, 2.75) is 32.9 Å². The van der Waals surface area contributed by atoms with Gasteiger partial charge < -0.3 is 24.8 Å². The Morgan fingerprint density at radius 1 is 1.23 bits per heavy atom. The summed E-state index contributed by atoms with van der Waals surface area (Å²) >= 11 is 0. The van der Waals surface area contributed by atoms with Crippen LogP contribution in [0.25, 0.3) is 0 Å². The lowest BCUT2D eigenvalue weighted by Gasteiger charge is -2.38. The number of piperazine rings is 1. The monoisotopic (exact) mass is 361 g/mol. The fourth-order valence-electron chi connectivity index (χ4n) is 3.48. The van der Waals surface area contributed by atoms with Gasteiger partial charge >= 0.3 is 6.03 Å². The molecule has 7 heteroatoms. The molecular weight excluding hydrogens is 330 g/mol. The molecule has 1 aromatic heterocycles. The Bertz CT molecular complexity index is 596. The number of rotatable bonds is 4. The minimum atomic E-state index is -0.277. The number of morpholine rings is 1. The van der Waals surface area contributed by atoms with Crippen molar-refractivity contribution in [2.75, 3.05) is 57.3 Å². The maximum atomic E-state index is 12.4. The van der Waals surface area contributed by atoms with E-state index < -0.39 is 0 Å². The van der Waals surface area contributed by atoms with Crippen LogP contribution in [0.4, 0.5) is 10.6 Å². The average Bonchev–Trinajstić information content (AvgIpc) is 2.66. The fourth-order valence-corrected chi connectivity index (χ4v) is 3.48. The second-order valence-electron chi connectivity index (χ2n) is 7.63. The number of hydrogen-bond donors (Lipinski definition) is 1. The highest BCUT2D eigenvalue weighted by atomic mass is 16.5. The molecule has 0 spiro atoms. The van der Waals surface area contributed by atoms with Crippen LogP contribution in [-0.2, 0) is 11.3 Å². The smallest absolute Gasteiger partial charge is 0.317 e. The predicted molar refractivity (Wildman–Crippen MR) is 102 cm³/mol. The third-order valence-electron chi connectivity index (χ3n) is 5.11. The Balaban J connectivity index is 1.48. The summed E-state index contributed by atoms with van der Waals surface area (Å²) in [5, 5.41) is 2.99. The topological polar surface area (TPSA) is 60.9 Å². The first-order valence-corrected chi connectivity index (χ1v) is 9.56. The van der Waals surface area contributed by atoms with E-state index in [1.807, 2.05) is 24.9 Å². The Morgan fingerprint density at radius 3 is 2.62 bits per heavy atom. The summed E-state index contributed by atoms with van der Waals surface area (Å²) in [5.74, 6) is 1.02. The lowest BCUT2D eigenvalue weighted by molar-refractivity contribution is -0.0733. The van der Waals surface area contributed by atoms with Crippen LogP contribution >= 0.6 is 0 Å². The highest BCUT2D eigenvalue weighted by Crippen LogP contribution is 2.17. The summed E-state index contributed by atoms with van der Waals surface area (Å²) in [6, 6.07) is 4.07. The summed E-state index contributed by atoms with van der Waals surface area (Å²) in [5.41, 5.74) is 0.738. The van der Waals surface area contributed by atoms with Gasteiger partial charge in [0.05, 0.1) is 18.8 Å². The molecule has 0 aromatic carbocycles. The van der Waals surface area contributed by atoms with Gasteiger partial charge in [-0.3, -0.25) is 0 Å². The number of carbonyl (C=O) groups is 1. The number of aromatic nitrogens is 1. The number of ether oxygens (including phenoxy) is 1. The van der Waals surface area contributed by atoms with Crippen molar-refractivity contribution in [3.8, 4) is 0 Å². The molecule has 2 aliphatic heterocycles. The van der Waals surface area contributed by atoms with Gasteiger partial charge in [-0.1, -0.05) is 13.0 Å². The molecule has 3 heterocycles. The second-order valence-corrected chi connectivity index (χ2v) is 7.63. The lowest BCUT2D eigenvalue weighted by atomic mass is 10.1. The first kappa shape index (κ1) is 18.9. The third-order valence-corrected chi connectivity index (χ3v) is 5.11. The van der Waals surface area contributed by atoms with Gasteiger partial charge in [0.1, 0.15) is 5.82 Å². The number of nitrogens with one attached hydrogen (secondary N) is 1. The zero-order chi connectivity index (χ0) is 18.6. The minimum absolute atomic E-state index is 0.0406. The number of hydrogen-bond acceptors (Lipinski definition) is 5. The van der Waals surface area contributed by atoms with Crippen LogP contribution in [0.1, 0.15) is 26.3 Å². The Labute approximate surface area is 156 Å². The molecule has 144 valence electrons. The molecule has 2 amide bonds. The van der Waals surface area contributed by atoms with Gasteiger partial charge in [-0.15, -0.1) is 0 Å².